The summed E-state index contributed by atoms with van der Waals surface area (Å²) >= 11 is -0.200. The SMILES string of the molecule is O=C(Nc1nnc(C(F)(F)F)s1)c1c(F)c(F)c(F)c(F)c1F. The van der Waals surface area contributed by atoms with Crippen LogP contribution in [0.5, 0.6) is 0 Å². The maximum absolute atomic E-state index is 13.4. The summed E-state index contributed by atoms with van der Waals surface area (Å²) in [6.07, 6.45) is -4.88. The number of hydrogen-bond donors (Lipinski definition) is 1. The summed E-state index contributed by atoms with van der Waals surface area (Å²) in [5, 5.41) is 4.70. The van der Waals surface area contributed by atoms with Crippen molar-refractivity contribution in [1.82, 2.24) is 10.2 Å². The second-order valence-electron chi connectivity index (χ2n) is 3.81. The second-order valence-corrected chi connectivity index (χ2v) is 4.79. The van der Waals surface area contributed by atoms with E-state index in [0.29, 0.717) is 0 Å². The molecular formula is C10HF8N3OS. The summed E-state index contributed by atoms with van der Waals surface area (Å²) in [4.78, 5) is 11.5. The third-order valence-electron chi connectivity index (χ3n) is 2.32. The molecule has 1 heterocycles. The molecule has 0 bridgehead atoms. The Bertz CT molecular complexity index is 758. The molecule has 2 rings (SSSR count). The molecule has 1 aromatic carbocycles. The van der Waals surface area contributed by atoms with Crippen LogP contribution in [0, 0.1) is 29.1 Å². The number of nitrogens with zero attached hydrogens (tertiary/aromatic N) is 2. The van der Waals surface area contributed by atoms with E-state index in [1.54, 1.807) is 0 Å². The van der Waals surface area contributed by atoms with Crippen LogP contribution in [-0.4, -0.2) is 16.1 Å². The molecular weight excluding hydrogens is 362 g/mol. The number of anilines is 1. The molecule has 2 aromatic rings. The van der Waals surface area contributed by atoms with Crippen LogP contribution in [0.25, 0.3) is 0 Å². The van der Waals surface area contributed by atoms with Gasteiger partial charge in [-0.25, -0.2) is 22.0 Å². The minimum atomic E-state index is -4.88. The zero-order valence-corrected chi connectivity index (χ0v) is 11.1. The lowest BCUT2D eigenvalue weighted by molar-refractivity contribution is -0.138. The standard InChI is InChI=1S/C10HF8N3OS/c11-2-1(3(12)5(14)6(15)4(2)13)7(22)19-9-21-20-8(23-9)10(16,17)18/h(H,19,21,22). The second kappa shape index (κ2) is 5.72. The van der Waals surface area contributed by atoms with Crippen molar-refractivity contribution in [3.63, 3.8) is 0 Å². The molecule has 0 aliphatic rings. The quantitative estimate of drug-likeness (QED) is 0.505. The number of benzene rings is 1. The zero-order valence-electron chi connectivity index (χ0n) is 10.2. The summed E-state index contributed by atoms with van der Waals surface area (Å²) in [6, 6.07) is 0. The van der Waals surface area contributed by atoms with Crippen molar-refractivity contribution >= 4 is 22.4 Å². The van der Waals surface area contributed by atoms with E-state index in [1.165, 1.54) is 5.32 Å². The number of alkyl halides is 3. The van der Waals surface area contributed by atoms with Gasteiger partial charge in [-0.05, 0) is 0 Å². The van der Waals surface area contributed by atoms with E-state index in [0.717, 1.165) is 0 Å². The molecule has 13 heteroatoms. The summed E-state index contributed by atoms with van der Waals surface area (Å²) in [5.74, 6) is -14.0. The minimum Gasteiger partial charge on any atom is -0.296 e. The smallest absolute Gasteiger partial charge is 0.296 e. The molecule has 1 N–H and O–H groups in total. The van der Waals surface area contributed by atoms with Gasteiger partial charge in [-0.15, -0.1) is 10.2 Å². The molecule has 0 aliphatic heterocycles. The molecule has 0 spiro atoms. The van der Waals surface area contributed by atoms with Gasteiger partial charge in [-0.2, -0.15) is 13.2 Å². The molecule has 0 saturated heterocycles. The molecule has 0 aliphatic carbocycles. The Balaban J connectivity index is 2.37. The number of hydrogen-bond acceptors (Lipinski definition) is 4. The van der Waals surface area contributed by atoms with Gasteiger partial charge >= 0.3 is 6.18 Å². The normalized spacial score (nSPS) is 11.7. The van der Waals surface area contributed by atoms with E-state index >= 15 is 0 Å². The van der Waals surface area contributed by atoms with Crippen molar-refractivity contribution in [3.05, 3.63) is 39.7 Å². The summed E-state index contributed by atoms with van der Waals surface area (Å²) in [5.41, 5.74) is -1.86. The van der Waals surface area contributed by atoms with Crippen molar-refractivity contribution in [2.45, 2.75) is 6.18 Å². The Labute approximate surface area is 124 Å². The lowest BCUT2D eigenvalue weighted by Gasteiger charge is -2.07. The molecule has 1 amide bonds. The lowest BCUT2D eigenvalue weighted by atomic mass is 10.1. The fourth-order valence-corrected chi connectivity index (χ4v) is 1.96. The largest absolute Gasteiger partial charge is 0.445 e. The Morgan fingerprint density at radius 2 is 1.35 bits per heavy atom. The van der Waals surface area contributed by atoms with Gasteiger partial charge in [0.25, 0.3) is 5.91 Å². The van der Waals surface area contributed by atoms with Gasteiger partial charge in [-0.3, -0.25) is 10.1 Å². The van der Waals surface area contributed by atoms with Gasteiger partial charge in [0, 0.05) is 0 Å². The Morgan fingerprint density at radius 3 is 1.78 bits per heavy atom. The van der Waals surface area contributed by atoms with Crippen LogP contribution in [0.3, 0.4) is 0 Å². The average Bonchev–Trinajstić information content (AvgIpc) is 2.92. The highest BCUT2D eigenvalue weighted by atomic mass is 32.1. The van der Waals surface area contributed by atoms with Crippen molar-refractivity contribution in [2.75, 3.05) is 5.32 Å². The highest BCUT2D eigenvalue weighted by molar-refractivity contribution is 7.15. The number of aromatic nitrogens is 2. The van der Waals surface area contributed by atoms with Crippen molar-refractivity contribution in [2.24, 2.45) is 0 Å². The lowest BCUT2D eigenvalue weighted by Crippen LogP contribution is -2.19. The van der Waals surface area contributed by atoms with Crippen LogP contribution in [0.1, 0.15) is 15.4 Å². The highest BCUT2D eigenvalue weighted by Gasteiger charge is 2.36. The summed E-state index contributed by atoms with van der Waals surface area (Å²) in [6.45, 7) is 0. The van der Waals surface area contributed by atoms with Gasteiger partial charge in [0.1, 0.15) is 5.56 Å². The van der Waals surface area contributed by atoms with Crippen LogP contribution in [-0.2, 0) is 6.18 Å². The average molecular weight is 363 g/mol. The predicted octanol–water partition coefficient (Wildman–Crippen LogP) is 3.50. The number of amides is 1. The topological polar surface area (TPSA) is 54.9 Å². The summed E-state index contributed by atoms with van der Waals surface area (Å²) < 4.78 is 102. The van der Waals surface area contributed by atoms with Crippen molar-refractivity contribution in [1.29, 1.82) is 0 Å². The Morgan fingerprint density at radius 1 is 0.870 bits per heavy atom. The Kier molecular flexibility index (Phi) is 4.24. The maximum atomic E-state index is 13.4. The van der Waals surface area contributed by atoms with Gasteiger partial charge in [0.2, 0.25) is 16.0 Å². The van der Waals surface area contributed by atoms with Crippen molar-refractivity contribution in [3.8, 4) is 0 Å². The van der Waals surface area contributed by atoms with Crippen LogP contribution >= 0.6 is 11.3 Å². The predicted molar refractivity (Wildman–Crippen MR) is 59.1 cm³/mol. The van der Waals surface area contributed by atoms with E-state index in [4.69, 9.17) is 0 Å². The summed E-state index contributed by atoms with van der Waals surface area (Å²) in [7, 11) is 0. The molecule has 0 unspecified atom stereocenters. The number of nitrogens with one attached hydrogen (secondary N) is 1. The van der Waals surface area contributed by atoms with E-state index in [2.05, 4.69) is 10.2 Å². The molecule has 124 valence electrons. The first-order valence-electron chi connectivity index (χ1n) is 5.27. The first-order valence-corrected chi connectivity index (χ1v) is 6.09. The van der Waals surface area contributed by atoms with E-state index in [-0.39, 0.29) is 11.3 Å². The molecule has 23 heavy (non-hydrogen) atoms. The van der Waals surface area contributed by atoms with Crippen LogP contribution in [0.15, 0.2) is 0 Å². The molecule has 0 radical (unpaired) electrons. The van der Waals surface area contributed by atoms with Gasteiger partial charge in [0.05, 0.1) is 0 Å². The molecule has 4 nitrogen and oxygen atoms in total. The van der Waals surface area contributed by atoms with Gasteiger partial charge in [0.15, 0.2) is 23.3 Å². The minimum absolute atomic E-state index is 0.200. The van der Waals surface area contributed by atoms with Crippen LogP contribution < -0.4 is 5.32 Å². The third-order valence-corrected chi connectivity index (χ3v) is 3.21. The highest BCUT2D eigenvalue weighted by Crippen LogP contribution is 2.33. The third kappa shape index (κ3) is 3.09. The zero-order chi connectivity index (χ0) is 17.5. The number of rotatable bonds is 2. The van der Waals surface area contributed by atoms with Gasteiger partial charge in [-0.1, -0.05) is 11.3 Å². The fourth-order valence-electron chi connectivity index (χ4n) is 1.35. The number of carbonyl (C=O) groups is 1. The molecule has 0 atom stereocenters. The first-order chi connectivity index (χ1) is 10.5. The molecule has 1 aromatic heterocycles. The maximum Gasteiger partial charge on any atom is 0.445 e. The van der Waals surface area contributed by atoms with Crippen molar-refractivity contribution < 1.29 is 39.9 Å². The molecule has 0 fully saturated rings. The fraction of sp³-hybridized carbons (Fsp3) is 0.100. The van der Waals surface area contributed by atoms with E-state index in [1.807, 2.05) is 0 Å². The number of halogens is 8. The van der Waals surface area contributed by atoms with Crippen LogP contribution in [0.2, 0.25) is 0 Å². The first kappa shape index (κ1) is 17.1. The Hall–Kier alpha value is -2.31. The van der Waals surface area contributed by atoms with Crippen LogP contribution in [0.4, 0.5) is 40.3 Å². The van der Waals surface area contributed by atoms with Gasteiger partial charge < -0.3 is 0 Å². The van der Waals surface area contributed by atoms with E-state index in [9.17, 15) is 39.9 Å². The monoisotopic (exact) mass is 363 g/mol. The molecule has 0 saturated carbocycles. The number of carbonyl (C=O) groups excluding carboxylic acids is 1. The van der Waals surface area contributed by atoms with E-state index < -0.39 is 56.9 Å².